The molecule has 2 fully saturated rings. The summed E-state index contributed by atoms with van der Waals surface area (Å²) in [6.07, 6.45) is 1.30. The highest BCUT2D eigenvalue weighted by atomic mass is 16.6. The SMILES string of the molecule is CC(C)(C)OC(=O)c1ccc(NC(=O)C2NCC(c3ccccc3)CC2OC2CCN(C(=O)OC(C)(C)C)CC2)cc1. The van der Waals surface area contributed by atoms with Crippen LogP contribution in [-0.4, -0.2) is 72.0 Å². The fraction of sp³-hybridized carbons (Fsp3) is 0.545. The largest absolute Gasteiger partial charge is 0.456 e. The molecule has 2 N–H and O–H groups in total. The Kier molecular flexibility index (Phi) is 9.94. The second-order valence-electron chi connectivity index (χ2n) is 13.1. The van der Waals surface area contributed by atoms with Crippen LogP contribution in [0.25, 0.3) is 0 Å². The van der Waals surface area contributed by atoms with Crippen LogP contribution in [0.3, 0.4) is 0 Å². The van der Waals surface area contributed by atoms with Crippen molar-refractivity contribution in [2.45, 2.75) is 96.2 Å². The number of likely N-dealkylation sites (tertiary alicyclic amines) is 1. The number of hydrogen-bond acceptors (Lipinski definition) is 7. The Morgan fingerprint density at radius 3 is 2.07 bits per heavy atom. The zero-order chi connectivity index (χ0) is 30.5. The lowest BCUT2D eigenvalue weighted by molar-refractivity contribution is -0.127. The molecule has 42 heavy (non-hydrogen) atoms. The molecule has 0 aromatic heterocycles. The van der Waals surface area contributed by atoms with E-state index >= 15 is 0 Å². The maximum atomic E-state index is 13.5. The predicted molar refractivity (Wildman–Crippen MR) is 162 cm³/mol. The molecule has 0 aliphatic carbocycles. The Bertz CT molecular complexity index is 1210. The minimum absolute atomic E-state index is 0.0755. The first-order valence-electron chi connectivity index (χ1n) is 14.8. The lowest BCUT2D eigenvalue weighted by Crippen LogP contribution is -2.56. The number of amides is 2. The third-order valence-electron chi connectivity index (χ3n) is 7.27. The van der Waals surface area contributed by atoms with Gasteiger partial charge in [0.2, 0.25) is 5.91 Å². The summed E-state index contributed by atoms with van der Waals surface area (Å²) >= 11 is 0. The molecule has 9 heteroatoms. The zero-order valence-corrected chi connectivity index (χ0v) is 25.6. The van der Waals surface area contributed by atoms with E-state index in [4.69, 9.17) is 14.2 Å². The number of ether oxygens (including phenoxy) is 3. The smallest absolute Gasteiger partial charge is 0.410 e. The molecule has 4 rings (SSSR count). The van der Waals surface area contributed by atoms with E-state index in [1.54, 1.807) is 29.2 Å². The molecular formula is C33H45N3O6. The zero-order valence-electron chi connectivity index (χ0n) is 25.6. The fourth-order valence-corrected chi connectivity index (χ4v) is 5.27. The van der Waals surface area contributed by atoms with Gasteiger partial charge in [-0.05, 0) is 96.6 Å². The first kappa shape index (κ1) is 31.5. The molecule has 0 saturated carbocycles. The highest BCUT2D eigenvalue weighted by molar-refractivity contribution is 5.96. The van der Waals surface area contributed by atoms with Crippen LogP contribution in [0.15, 0.2) is 54.6 Å². The Morgan fingerprint density at radius 2 is 1.48 bits per heavy atom. The number of nitrogens with one attached hydrogen (secondary N) is 2. The summed E-state index contributed by atoms with van der Waals surface area (Å²) in [4.78, 5) is 40.1. The molecule has 2 aliphatic heterocycles. The van der Waals surface area contributed by atoms with E-state index in [0.717, 1.165) is 0 Å². The summed E-state index contributed by atoms with van der Waals surface area (Å²) in [5.41, 5.74) is 1.08. The minimum atomic E-state index is -0.588. The van der Waals surface area contributed by atoms with Crippen molar-refractivity contribution in [3.05, 3.63) is 65.7 Å². The van der Waals surface area contributed by atoms with Gasteiger partial charge >= 0.3 is 12.1 Å². The van der Waals surface area contributed by atoms with Gasteiger partial charge in [0.25, 0.3) is 0 Å². The van der Waals surface area contributed by atoms with Crippen molar-refractivity contribution in [1.82, 2.24) is 10.2 Å². The number of benzene rings is 2. The normalized spacial score (nSPS) is 21.9. The van der Waals surface area contributed by atoms with Crippen LogP contribution in [-0.2, 0) is 19.0 Å². The topological polar surface area (TPSA) is 106 Å². The van der Waals surface area contributed by atoms with E-state index in [1.165, 1.54) is 5.56 Å². The summed E-state index contributed by atoms with van der Waals surface area (Å²) in [5.74, 6) is -0.398. The van der Waals surface area contributed by atoms with Gasteiger partial charge in [-0.2, -0.15) is 0 Å². The monoisotopic (exact) mass is 579 g/mol. The van der Waals surface area contributed by atoms with Crippen molar-refractivity contribution in [3.63, 3.8) is 0 Å². The van der Waals surface area contributed by atoms with Crippen LogP contribution < -0.4 is 10.6 Å². The van der Waals surface area contributed by atoms with Crippen molar-refractivity contribution in [2.24, 2.45) is 0 Å². The Balaban J connectivity index is 1.41. The predicted octanol–water partition coefficient (Wildman–Crippen LogP) is 5.51. The van der Waals surface area contributed by atoms with E-state index < -0.39 is 23.2 Å². The van der Waals surface area contributed by atoms with Gasteiger partial charge in [-0.15, -0.1) is 0 Å². The second kappa shape index (κ2) is 13.3. The lowest BCUT2D eigenvalue weighted by atomic mass is 9.86. The van der Waals surface area contributed by atoms with Crippen LogP contribution in [0.5, 0.6) is 0 Å². The highest BCUT2D eigenvalue weighted by Crippen LogP contribution is 2.30. The summed E-state index contributed by atoms with van der Waals surface area (Å²) in [5, 5.41) is 6.43. The molecule has 3 unspecified atom stereocenters. The molecule has 228 valence electrons. The summed E-state index contributed by atoms with van der Waals surface area (Å²) in [6.45, 7) is 12.8. The summed E-state index contributed by atoms with van der Waals surface area (Å²) in [6, 6.07) is 16.4. The highest BCUT2D eigenvalue weighted by Gasteiger charge is 2.38. The van der Waals surface area contributed by atoms with E-state index in [-0.39, 0.29) is 30.1 Å². The van der Waals surface area contributed by atoms with Crippen LogP contribution in [0.4, 0.5) is 10.5 Å². The third kappa shape index (κ3) is 9.03. The van der Waals surface area contributed by atoms with Gasteiger partial charge in [0.15, 0.2) is 0 Å². The third-order valence-corrected chi connectivity index (χ3v) is 7.27. The number of rotatable bonds is 6. The molecule has 2 heterocycles. The van der Waals surface area contributed by atoms with Gasteiger partial charge in [-0.1, -0.05) is 30.3 Å². The summed E-state index contributed by atoms with van der Waals surface area (Å²) < 4.78 is 17.6. The van der Waals surface area contributed by atoms with Crippen molar-refractivity contribution < 1.29 is 28.6 Å². The van der Waals surface area contributed by atoms with E-state index in [1.807, 2.05) is 59.7 Å². The average molecular weight is 580 g/mol. The molecule has 2 aromatic carbocycles. The van der Waals surface area contributed by atoms with Crippen molar-refractivity contribution in [3.8, 4) is 0 Å². The van der Waals surface area contributed by atoms with Gasteiger partial charge in [-0.3, -0.25) is 4.79 Å². The number of nitrogens with zero attached hydrogens (tertiary/aromatic N) is 1. The van der Waals surface area contributed by atoms with Crippen LogP contribution in [0, 0.1) is 0 Å². The minimum Gasteiger partial charge on any atom is -0.456 e. The number of piperidine rings is 2. The van der Waals surface area contributed by atoms with Gasteiger partial charge in [-0.25, -0.2) is 9.59 Å². The number of esters is 1. The van der Waals surface area contributed by atoms with Gasteiger partial charge in [0.05, 0.1) is 17.8 Å². The molecule has 2 amide bonds. The standard InChI is InChI=1S/C33H45N3O6/c1-32(2,3)41-30(38)23-12-14-25(15-13-23)35-29(37)28-27(20-24(21-34-28)22-10-8-7-9-11-22)40-26-16-18-36(19-17-26)31(39)42-33(4,5)6/h7-15,24,26-28,34H,16-21H2,1-6H3,(H,35,37). The molecule has 0 spiro atoms. The van der Waals surface area contributed by atoms with Crippen LogP contribution in [0.2, 0.25) is 0 Å². The first-order valence-corrected chi connectivity index (χ1v) is 14.8. The van der Waals surface area contributed by atoms with Crippen molar-refractivity contribution >= 4 is 23.7 Å². The second-order valence-corrected chi connectivity index (χ2v) is 13.1. The van der Waals surface area contributed by atoms with E-state index in [0.29, 0.717) is 50.1 Å². The fourth-order valence-electron chi connectivity index (χ4n) is 5.27. The number of anilines is 1. The number of carbonyl (C=O) groups is 3. The molecular weight excluding hydrogens is 534 g/mol. The quantitative estimate of drug-likeness (QED) is 0.435. The average Bonchev–Trinajstić information content (AvgIpc) is 2.92. The molecule has 9 nitrogen and oxygen atoms in total. The van der Waals surface area contributed by atoms with Crippen LogP contribution >= 0.6 is 0 Å². The van der Waals surface area contributed by atoms with Crippen molar-refractivity contribution in [2.75, 3.05) is 25.0 Å². The molecule has 2 aromatic rings. The maximum absolute atomic E-state index is 13.5. The number of hydrogen-bond donors (Lipinski definition) is 2. The maximum Gasteiger partial charge on any atom is 0.410 e. The molecule has 2 saturated heterocycles. The van der Waals surface area contributed by atoms with Crippen molar-refractivity contribution in [1.29, 1.82) is 0 Å². The summed E-state index contributed by atoms with van der Waals surface area (Å²) in [7, 11) is 0. The lowest BCUT2D eigenvalue weighted by Gasteiger charge is -2.40. The van der Waals surface area contributed by atoms with E-state index in [9.17, 15) is 14.4 Å². The van der Waals surface area contributed by atoms with Crippen LogP contribution in [0.1, 0.15) is 82.6 Å². The Morgan fingerprint density at radius 1 is 0.857 bits per heavy atom. The van der Waals surface area contributed by atoms with Gasteiger partial charge in [0, 0.05) is 25.3 Å². The Hall–Kier alpha value is -3.43. The molecule has 3 atom stereocenters. The molecule has 2 aliphatic rings. The van der Waals surface area contributed by atoms with Gasteiger partial charge < -0.3 is 29.7 Å². The number of carbonyl (C=O) groups excluding carboxylic acids is 3. The van der Waals surface area contributed by atoms with Gasteiger partial charge in [0.1, 0.15) is 17.2 Å². The molecule has 0 bridgehead atoms. The Labute approximate surface area is 249 Å². The first-order chi connectivity index (χ1) is 19.8. The molecule has 0 radical (unpaired) electrons. The van der Waals surface area contributed by atoms with E-state index in [2.05, 4.69) is 22.8 Å².